The molecule has 1 aromatic heterocycles. The summed E-state index contributed by atoms with van der Waals surface area (Å²) in [6.45, 7) is 9.13. The largest absolute Gasteiger partial charge is 0.339 e. The molecule has 0 aromatic carbocycles. The summed E-state index contributed by atoms with van der Waals surface area (Å²) in [5.41, 5.74) is 5.96. The third-order valence-corrected chi connectivity index (χ3v) is 2.29. The molecule has 0 aliphatic heterocycles. The molecule has 0 aliphatic rings. The minimum Gasteiger partial charge on any atom is -0.339 e. The number of hydrogen-bond donors (Lipinski definition) is 1. The van der Waals surface area contributed by atoms with Crippen molar-refractivity contribution in [3.8, 4) is 0 Å². The maximum atomic E-state index is 5.73. The first-order valence-corrected chi connectivity index (χ1v) is 5.49. The van der Waals surface area contributed by atoms with Gasteiger partial charge >= 0.3 is 0 Å². The predicted octanol–water partition coefficient (Wildman–Crippen LogP) is 2.11. The van der Waals surface area contributed by atoms with E-state index in [1.807, 2.05) is 6.92 Å². The van der Waals surface area contributed by atoms with Crippen LogP contribution in [-0.4, -0.2) is 16.7 Å². The Bertz CT molecular complexity index is 301. The molecule has 4 heteroatoms. The molecule has 1 aromatic rings. The summed E-state index contributed by atoms with van der Waals surface area (Å²) in [5, 5.41) is 3.89. The van der Waals surface area contributed by atoms with Crippen LogP contribution in [0.1, 0.15) is 51.7 Å². The minimum atomic E-state index is 0.179. The highest BCUT2D eigenvalue weighted by Crippen LogP contribution is 2.29. The molecule has 15 heavy (non-hydrogen) atoms. The van der Waals surface area contributed by atoms with Crippen molar-refractivity contribution in [1.82, 2.24) is 10.1 Å². The topological polar surface area (TPSA) is 64.9 Å². The molecule has 0 radical (unpaired) electrons. The Morgan fingerprint density at radius 1 is 1.40 bits per heavy atom. The van der Waals surface area contributed by atoms with E-state index in [-0.39, 0.29) is 11.3 Å². The molecule has 0 amide bonds. The third kappa shape index (κ3) is 3.63. The molecule has 4 nitrogen and oxygen atoms in total. The number of rotatable bonds is 4. The van der Waals surface area contributed by atoms with Crippen LogP contribution >= 0.6 is 0 Å². The predicted molar refractivity (Wildman–Crippen MR) is 59.5 cm³/mol. The van der Waals surface area contributed by atoms with Gasteiger partial charge in [0.2, 0.25) is 5.89 Å². The summed E-state index contributed by atoms with van der Waals surface area (Å²) in [7, 11) is 0. The summed E-state index contributed by atoms with van der Waals surface area (Å²) in [5.74, 6) is 1.62. The second-order valence-corrected chi connectivity index (χ2v) is 5.10. The van der Waals surface area contributed by atoms with Gasteiger partial charge in [0.05, 0.1) is 5.92 Å². The van der Waals surface area contributed by atoms with E-state index in [0.717, 1.165) is 18.7 Å². The Balaban J connectivity index is 2.74. The van der Waals surface area contributed by atoms with Gasteiger partial charge in [-0.15, -0.1) is 0 Å². The average molecular weight is 211 g/mol. The summed E-state index contributed by atoms with van der Waals surface area (Å²) < 4.78 is 5.21. The molecule has 0 bridgehead atoms. The van der Waals surface area contributed by atoms with Crippen LogP contribution in [0.15, 0.2) is 4.52 Å². The summed E-state index contributed by atoms with van der Waals surface area (Å²) in [6, 6.07) is 0. The standard InChI is InChI=1S/C11H21N3O/c1-5-9-13-10(15-14-9)8(7-12)6-11(2,3)4/h8H,5-7,12H2,1-4H3. The van der Waals surface area contributed by atoms with Gasteiger partial charge in [0.15, 0.2) is 5.82 Å². The highest BCUT2D eigenvalue weighted by Gasteiger charge is 2.23. The van der Waals surface area contributed by atoms with Crippen molar-refractivity contribution in [2.45, 2.75) is 46.5 Å². The number of hydrogen-bond acceptors (Lipinski definition) is 4. The molecule has 0 spiro atoms. The van der Waals surface area contributed by atoms with E-state index in [2.05, 4.69) is 30.9 Å². The maximum absolute atomic E-state index is 5.73. The average Bonchev–Trinajstić information content (AvgIpc) is 2.60. The molecule has 0 fully saturated rings. The van der Waals surface area contributed by atoms with Crippen LogP contribution in [0.25, 0.3) is 0 Å². The zero-order chi connectivity index (χ0) is 11.5. The van der Waals surface area contributed by atoms with E-state index < -0.39 is 0 Å². The van der Waals surface area contributed by atoms with Crippen LogP contribution in [0.5, 0.6) is 0 Å². The van der Waals surface area contributed by atoms with Crippen LogP contribution in [0, 0.1) is 5.41 Å². The number of nitrogens with zero attached hydrogens (tertiary/aromatic N) is 2. The molecule has 2 N–H and O–H groups in total. The van der Waals surface area contributed by atoms with E-state index in [0.29, 0.717) is 12.4 Å². The maximum Gasteiger partial charge on any atom is 0.231 e. The number of aryl methyl sites for hydroxylation is 1. The Morgan fingerprint density at radius 2 is 2.07 bits per heavy atom. The van der Waals surface area contributed by atoms with Crippen LogP contribution in [0.2, 0.25) is 0 Å². The lowest BCUT2D eigenvalue weighted by atomic mass is 9.84. The fraction of sp³-hybridized carbons (Fsp3) is 0.818. The van der Waals surface area contributed by atoms with E-state index in [1.165, 1.54) is 0 Å². The van der Waals surface area contributed by atoms with Gasteiger partial charge in [-0.2, -0.15) is 4.98 Å². The first-order valence-electron chi connectivity index (χ1n) is 5.49. The van der Waals surface area contributed by atoms with E-state index in [9.17, 15) is 0 Å². The van der Waals surface area contributed by atoms with Crippen molar-refractivity contribution < 1.29 is 4.52 Å². The van der Waals surface area contributed by atoms with Crippen molar-refractivity contribution in [2.24, 2.45) is 11.1 Å². The molecular weight excluding hydrogens is 190 g/mol. The van der Waals surface area contributed by atoms with Gasteiger partial charge in [-0.25, -0.2) is 0 Å². The minimum absolute atomic E-state index is 0.179. The molecule has 1 heterocycles. The Hall–Kier alpha value is -0.900. The third-order valence-electron chi connectivity index (χ3n) is 2.29. The van der Waals surface area contributed by atoms with E-state index in [1.54, 1.807) is 0 Å². The smallest absolute Gasteiger partial charge is 0.231 e. The van der Waals surface area contributed by atoms with Crippen LogP contribution in [0.4, 0.5) is 0 Å². The van der Waals surface area contributed by atoms with Gasteiger partial charge < -0.3 is 10.3 Å². The molecule has 0 aliphatic carbocycles. The van der Waals surface area contributed by atoms with Gasteiger partial charge in [0, 0.05) is 13.0 Å². The number of aromatic nitrogens is 2. The molecule has 0 saturated heterocycles. The first-order chi connectivity index (χ1) is 6.96. The second kappa shape index (κ2) is 4.75. The monoisotopic (exact) mass is 211 g/mol. The van der Waals surface area contributed by atoms with Gasteiger partial charge in [-0.05, 0) is 11.8 Å². The summed E-state index contributed by atoms with van der Waals surface area (Å²) >= 11 is 0. The lowest BCUT2D eigenvalue weighted by Gasteiger charge is -2.22. The van der Waals surface area contributed by atoms with Gasteiger partial charge in [-0.3, -0.25) is 0 Å². The van der Waals surface area contributed by atoms with Crippen molar-refractivity contribution in [3.63, 3.8) is 0 Å². The fourth-order valence-corrected chi connectivity index (χ4v) is 1.59. The fourth-order valence-electron chi connectivity index (χ4n) is 1.59. The zero-order valence-corrected chi connectivity index (χ0v) is 10.1. The zero-order valence-electron chi connectivity index (χ0n) is 10.1. The Kier molecular flexibility index (Phi) is 3.85. The molecule has 1 rings (SSSR count). The van der Waals surface area contributed by atoms with Crippen molar-refractivity contribution in [3.05, 3.63) is 11.7 Å². The normalized spacial score (nSPS) is 14.2. The Labute approximate surface area is 91.2 Å². The summed E-state index contributed by atoms with van der Waals surface area (Å²) in [6.07, 6.45) is 1.77. The molecule has 86 valence electrons. The van der Waals surface area contributed by atoms with Crippen LogP contribution in [0.3, 0.4) is 0 Å². The quantitative estimate of drug-likeness (QED) is 0.828. The lowest BCUT2D eigenvalue weighted by Crippen LogP contribution is -2.19. The van der Waals surface area contributed by atoms with Gasteiger partial charge in [0.25, 0.3) is 0 Å². The van der Waals surface area contributed by atoms with Crippen LogP contribution in [-0.2, 0) is 6.42 Å². The van der Waals surface area contributed by atoms with Gasteiger partial charge in [-0.1, -0.05) is 32.9 Å². The molecule has 0 saturated carbocycles. The van der Waals surface area contributed by atoms with E-state index >= 15 is 0 Å². The molecular formula is C11H21N3O. The van der Waals surface area contributed by atoms with Crippen molar-refractivity contribution >= 4 is 0 Å². The van der Waals surface area contributed by atoms with Crippen molar-refractivity contribution in [1.29, 1.82) is 0 Å². The van der Waals surface area contributed by atoms with E-state index in [4.69, 9.17) is 10.3 Å². The SMILES string of the molecule is CCc1noc(C(CN)CC(C)(C)C)n1. The van der Waals surface area contributed by atoms with Gasteiger partial charge in [0.1, 0.15) is 0 Å². The lowest BCUT2D eigenvalue weighted by molar-refractivity contribution is 0.286. The van der Waals surface area contributed by atoms with Crippen molar-refractivity contribution in [2.75, 3.05) is 6.54 Å². The number of nitrogens with two attached hydrogens (primary N) is 1. The highest BCUT2D eigenvalue weighted by molar-refractivity contribution is 4.96. The Morgan fingerprint density at radius 3 is 2.47 bits per heavy atom. The van der Waals surface area contributed by atoms with Crippen LogP contribution < -0.4 is 5.73 Å². The first kappa shape index (κ1) is 12.2. The molecule has 1 atom stereocenters. The summed E-state index contributed by atoms with van der Waals surface area (Å²) in [4.78, 5) is 4.33. The molecule has 1 unspecified atom stereocenters. The highest BCUT2D eigenvalue weighted by atomic mass is 16.5. The second-order valence-electron chi connectivity index (χ2n) is 5.10.